The number of hydrogen-bond donors (Lipinski definition) is 1. The predicted octanol–water partition coefficient (Wildman–Crippen LogP) is 2.01. The zero-order chi connectivity index (χ0) is 23.3. The fourth-order valence-corrected chi connectivity index (χ4v) is 3.76. The molecule has 5 amide bonds. The molecule has 3 rings (SSSR count). The highest BCUT2D eigenvalue weighted by Gasteiger charge is 2.38. The van der Waals surface area contributed by atoms with Crippen LogP contribution < -0.4 is 5.32 Å². The van der Waals surface area contributed by atoms with Gasteiger partial charge in [0.15, 0.2) is 0 Å². The van der Waals surface area contributed by atoms with Gasteiger partial charge in [0.25, 0.3) is 5.91 Å². The van der Waals surface area contributed by atoms with Gasteiger partial charge in [-0.1, -0.05) is 30.3 Å². The number of carbonyl (C=O) groups excluding carboxylic acids is 4. The minimum atomic E-state index is -0.676. The summed E-state index contributed by atoms with van der Waals surface area (Å²) in [7, 11) is 0. The van der Waals surface area contributed by atoms with Crippen molar-refractivity contribution >= 4 is 23.9 Å². The monoisotopic (exact) mass is 444 g/mol. The van der Waals surface area contributed by atoms with E-state index in [1.54, 1.807) is 9.80 Å². The molecule has 1 aromatic rings. The molecule has 1 atom stereocenters. The zero-order valence-corrected chi connectivity index (χ0v) is 19.0. The first-order chi connectivity index (χ1) is 15.1. The first kappa shape index (κ1) is 23.6. The van der Waals surface area contributed by atoms with Crippen LogP contribution in [0.1, 0.15) is 39.2 Å². The molecule has 0 bridgehead atoms. The van der Waals surface area contributed by atoms with E-state index in [2.05, 4.69) is 5.32 Å². The van der Waals surface area contributed by atoms with Crippen molar-refractivity contribution in [2.75, 3.05) is 32.7 Å². The first-order valence-corrected chi connectivity index (χ1v) is 11.1. The van der Waals surface area contributed by atoms with E-state index >= 15 is 0 Å². The molecule has 2 aliphatic heterocycles. The van der Waals surface area contributed by atoms with Crippen molar-refractivity contribution in [3.8, 4) is 0 Å². The molecule has 1 N–H and O–H groups in total. The number of amides is 5. The van der Waals surface area contributed by atoms with E-state index in [9.17, 15) is 19.2 Å². The SMILES string of the molecule is CC(C)(C)OC(=O)N1CCN(C(=O)CC[C@@H]2NC(=O)N(CCc3ccccc3)C2=O)CC1. The van der Waals surface area contributed by atoms with Crippen LogP contribution in [0.2, 0.25) is 0 Å². The molecule has 32 heavy (non-hydrogen) atoms. The maximum absolute atomic E-state index is 12.6. The number of urea groups is 1. The Bertz CT molecular complexity index is 844. The average Bonchev–Trinajstić information content (AvgIpc) is 3.02. The maximum Gasteiger partial charge on any atom is 0.410 e. The highest BCUT2D eigenvalue weighted by molar-refractivity contribution is 6.04. The summed E-state index contributed by atoms with van der Waals surface area (Å²) >= 11 is 0. The smallest absolute Gasteiger partial charge is 0.410 e. The van der Waals surface area contributed by atoms with Gasteiger partial charge in [0.05, 0.1) is 0 Å². The fourth-order valence-electron chi connectivity index (χ4n) is 3.76. The summed E-state index contributed by atoms with van der Waals surface area (Å²) in [6, 6.07) is 8.58. The molecule has 0 unspecified atom stereocenters. The highest BCUT2D eigenvalue weighted by Crippen LogP contribution is 2.15. The van der Waals surface area contributed by atoms with Gasteiger partial charge in [0.2, 0.25) is 5.91 Å². The number of imide groups is 1. The summed E-state index contributed by atoms with van der Waals surface area (Å²) in [5.41, 5.74) is 0.495. The van der Waals surface area contributed by atoms with Gasteiger partial charge >= 0.3 is 12.1 Å². The lowest BCUT2D eigenvalue weighted by molar-refractivity contribution is -0.133. The molecule has 9 nitrogen and oxygen atoms in total. The van der Waals surface area contributed by atoms with Crippen LogP contribution in [-0.4, -0.2) is 83.0 Å². The van der Waals surface area contributed by atoms with Crippen molar-refractivity contribution in [3.63, 3.8) is 0 Å². The topological polar surface area (TPSA) is 99.3 Å². The van der Waals surface area contributed by atoms with Crippen molar-refractivity contribution in [3.05, 3.63) is 35.9 Å². The lowest BCUT2D eigenvalue weighted by Gasteiger charge is -2.35. The number of nitrogens with zero attached hydrogens (tertiary/aromatic N) is 3. The largest absolute Gasteiger partial charge is 0.444 e. The summed E-state index contributed by atoms with van der Waals surface area (Å²) in [6.07, 6.45) is 0.639. The molecule has 0 radical (unpaired) electrons. The third kappa shape index (κ3) is 6.21. The molecule has 2 saturated heterocycles. The average molecular weight is 445 g/mol. The number of benzene rings is 1. The maximum atomic E-state index is 12.6. The Morgan fingerprint density at radius 1 is 1.03 bits per heavy atom. The summed E-state index contributed by atoms with van der Waals surface area (Å²) in [4.78, 5) is 54.1. The van der Waals surface area contributed by atoms with Gasteiger partial charge in [-0.25, -0.2) is 9.59 Å². The van der Waals surface area contributed by atoms with E-state index in [0.717, 1.165) is 5.56 Å². The van der Waals surface area contributed by atoms with Gasteiger partial charge in [-0.3, -0.25) is 14.5 Å². The zero-order valence-electron chi connectivity index (χ0n) is 19.0. The lowest BCUT2D eigenvalue weighted by Crippen LogP contribution is -2.51. The molecule has 174 valence electrons. The number of hydrogen-bond acceptors (Lipinski definition) is 5. The standard InChI is InChI=1S/C23H32N4O5/c1-23(2,3)32-22(31)26-15-13-25(14-16-26)19(28)10-9-18-20(29)27(21(30)24-18)12-11-17-7-5-4-6-8-17/h4-8,18H,9-16H2,1-3H3,(H,24,30)/t18-/m0/s1. The van der Waals surface area contributed by atoms with Crippen molar-refractivity contribution in [2.45, 2.75) is 51.7 Å². The van der Waals surface area contributed by atoms with Crippen LogP contribution in [0.4, 0.5) is 9.59 Å². The summed E-state index contributed by atoms with van der Waals surface area (Å²) < 4.78 is 5.37. The summed E-state index contributed by atoms with van der Waals surface area (Å²) in [5, 5.41) is 2.69. The summed E-state index contributed by atoms with van der Waals surface area (Å²) in [6.45, 7) is 7.42. The summed E-state index contributed by atoms with van der Waals surface area (Å²) in [5.74, 6) is -0.368. The Morgan fingerprint density at radius 2 is 1.66 bits per heavy atom. The molecular formula is C23H32N4O5. The predicted molar refractivity (Wildman–Crippen MR) is 118 cm³/mol. The van der Waals surface area contributed by atoms with E-state index in [0.29, 0.717) is 39.1 Å². The number of ether oxygens (including phenoxy) is 1. The first-order valence-electron chi connectivity index (χ1n) is 11.1. The van der Waals surface area contributed by atoms with Crippen molar-refractivity contribution < 1.29 is 23.9 Å². The van der Waals surface area contributed by atoms with Gasteiger partial charge in [-0.2, -0.15) is 0 Å². The van der Waals surface area contributed by atoms with Gasteiger partial charge in [-0.15, -0.1) is 0 Å². The van der Waals surface area contributed by atoms with Crippen molar-refractivity contribution in [2.24, 2.45) is 0 Å². The molecule has 0 spiro atoms. The number of nitrogens with one attached hydrogen (secondary N) is 1. The van der Waals surface area contributed by atoms with E-state index in [-0.39, 0.29) is 30.7 Å². The van der Waals surface area contributed by atoms with Crippen LogP contribution in [-0.2, 0) is 20.7 Å². The molecule has 0 aliphatic carbocycles. The normalized spacial score (nSPS) is 19.2. The van der Waals surface area contributed by atoms with Crippen LogP contribution in [0, 0.1) is 0 Å². The quantitative estimate of drug-likeness (QED) is 0.677. The Labute approximate surface area is 188 Å². The molecule has 0 aromatic heterocycles. The van der Waals surface area contributed by atoms with Crippen LogP contribution in [0.25, 0.3) is 0 Å². The van der Waals surface area contributed by atoms with E-state index in [1.165, 1.54) is 4.90 Å². The van der Waals surface area contributed by atoms with E-state index < -0.39 is 17.7 Å². The van der Waals surface area contributed by atoms with Gasteiger partial charge < -0.3 is 19.9 Å². The number of piperazine rings is 1. The molecule has 0 saturated carbocycles. The second-order valence-electron chi connectivity index (χ2n) is 9.11. The van der Waals surface area contributed by atoms with E-state index in [4.69, 9.17) is 4.74 Å². The third-order valence-electron chi connectivity index (χ3n) is 5.50. The molecule has 2 aliphatic rings. The van der Waals surface area contributed by atoms with Crippen molar-refractivity contribution in [1.29, 1.82) is 0 Å². The van der Waals surface area contributed by atoms with Gasteiger partial charge in [0.1, 0.15) is 11.6 Å². The molecule has 1 aromatic carbocycles. The molecule has 2 fully saturated rings. The van der Waals surface area contributed by atoms with Crippen LogP contribution in [0.5, 0.6) is 0 Å². The van der Waals surface area contributed by atoms with Gasteiger partial charge in [0, 0.05) is 39.1 Å². The van der Waals surface area contributed by atoms with Gasteiger partial charge in [-0.05, 0) is 39.2 Å². The Morgan fingerprint density at radius 3 is 2.28 bits per heavy atom. The Balaban J connectivity index is 1.42. The number of rotatable bonds is 6. The second kappa shape index (κ2) is 10.0. The highest BCUT2D eigenvalue weighted by atomic mass is 16.6. The molecule has 2 heterocycles. The lowest BCUT2D eigenvalue weighted by atomic mass is 10.1. The van der Waals surface area contributed by atoms with Crippen LogP contribution in [0.15, 0.2) is 30.3 Å². The van der Waals surface area contributed by atoms with Crippen molar-refractivity contribution in [1.82, 2.24) is 20.0 Å². The minimum Gasteiger partial charge on any atom is -0.444 e. The van der Waals surface area contributed by atoms with E-state index in [1.807, 2.05) is 51.1 Å². The second-order valence-corrected chi connectivity index (χ2v) is 9.11. The Hall–Kier alpha value is -3.10. The fraction of sp³-hybridized carbons (Fsp3) is 0.565. The molecular weight excluding hydrogens is 412 g/mol. The minimum absolute atomic E-state index is 0.0846. The Kier molecular flexibility index (Phi) is 7.37. The number of carbonyl (C=O) groups is 4. The third-order valence-corrected chi connectivity index (χ3v) is 5.50. The van der Waals surface area contributed by atoms with Crippen LogP contribution in [0.3, 0.4) is 0 Å². The molecule has 9 heteroatoms. The van der Waals surface area contributed by atoms with Crippen LogP contribution >= 0.6 is 0 Å².